The first kappa shape index (κ1) is 18.5. The average Bonchev–Trinajstić information content (AvgIpc) is 2.72. The van der Waals surface area contributed by atoms with E-state index in [-0.39, 0.29) is 23.4 Å². The van der Waals surface area contributed by atoms with E-state index in [1.165, 1.54) is 6.33 Å². The highest BCUT2D eigenvalue weighted by molar-refractivity contribution is 5.93. The number of piperidine rings is 2. The Labute approximate surface area is 164 Å². The van der Waals surface area contributed by atoms with E-state index in [2.05, 4.69) is 21.9 Å². The molecule has 7 heteroatoms. The first-order chi connectivity index (χ1) is 13.5. The van der Waals surface area contributed by atoms with Gasteiger partial charge in [0.25, 0.3) is 5.91 Å². The summed E-state index contributed by atoms with van der Waals surface area (Å²) in [6, 6.07) is 5.48. The molecule has 2 fully saturated rings. The lowest BCUT2D eigenvalue weighted by molar-refractivity contribution is -0.143. The third-order valence-electron chi connectivity index (χ3n) is 6.12. The summed E-state index contributed by atoms with van der Waals surface area (Å²) < 4.78 is 0. The van der Waals surface area contributed by atoms with Crippen LogP contribution in [0.15, 0.2) is 36.9 Å². The highest BCUT2D eigenvalue weighted by atomic mass is 16.2. The number of rotatable bonds is 2. The Kier molecular flexibility index (Phi) is 4.83. The minimum absolute atomic E-state index is 0.0249. The standard InChI is InChI=1S/C21H25N5O2/c1-15(27)26-11-4-8-19-21(26,2)9-5-10-25(19)20(28)18-7-3-6-17(24-18)16-12-22-14-23-13-16/h3,6-7,12-14,19H,4-5,8-11H2,1-2H3/t19-,21+/m1/s1. The molecule has 0 radical (unpaired) electrons. The molecule has 2 amide bonds. The van der Waals surface area contributed by atoms with E-state index in [0.717, 1.165) is 37.8 Å². The molecule has 146 valence electrons. The Hall–Kier alpha value is -2.83. The van der Waals surface area contributed by atoms with Gasteiger partial charge in [-0.2, -0.15) is 0 Å². The molecular weight excluding hydrogens is 354 g/mol. The van der Waals surface area contributed by atoms with Crippen molar-refractivity contribution >= 4 is 11.8 Å². The van der Waals surface area contributed by atoms with Crippen LogP contribution in [0, 0.1) is 0 Å². The van der Waals surface area contributed by atoms with Crippen LogP contribution in [0.1, 0.15) is 50.0 Å². The lowest BCUT2D eigenvalue weighted by atomic mass is 9.76. The molecule has 2 aliphatic heterocycles. The third kappa shape index (κ3) is 3.15. The number of hydrogen-bond acceptors (Lipinski definition) is 5. The van der Waals surface area contributed by atoms with Gasteiger partial charge in [-0.1, -0.05) is 6.07 Å². The van der Waals surface area contributed by atoms with Crippen LogP contribution in [0.2, 0.25) is 0 Å². The van der Waals surface area contributed by atoms with Gasteiger partial charge in [0.2, 0.25) is 5.91 Å². The third-order valence-corrected chi connectivity index (χ3v) is 6.12. The maximum atomic E-state index is 13.4. The number of likely N-dealkylation sites (tertiary alicyclic amines) is 2. The highest BCUT2D eigenvalue weighted by Gasteiger charge is 2.49. The summed E-state index contributed by atoms with van der Waals surface area (Å²) >= 11 is 0. The molecular formula is C21H25N5O2. The zero-order valence-electron chi connectivity index (χ0n) is 16.3. The summed E-state index contributed by atoms with van der Waals surface area (Å²) in [5.74, 6) is 0.0192. The van der Waals surface area contributed by atoms with Gasteiger partial charge in [0, 0.05) is 38.0 Å². The van der Waals surface area contributed by atoms with Crippen LogP contribution in [0.5, 0.6) is 0 Å². The SMILES string of the molecule is CC(=O)N1CCC[C@H]2N(C(=O)c3cccc(-c4cncnc4)n3)CCC[C@@]21C. The minimum atomic E-state index is -0.303. The normalized spacial score (nSPS) is 24.6. The number of pyridine rings is 1. The van der Waals surface area contributed by atoms with Crippen LogP contribution in [0.4, 0.5) is 0 Å². The largest absolute Gasteiger partial charge is 0.335 e. The van der Waals surface area contributed by atoms with Crippen LogP contribution in [-0.2, 0) is 4.79 Å². The Balaban J connectivity index is 1.64. The first-order valence-corrected chi connectivity index (χ1v) is 9.82. The number of fused-ring (bicyclic) bond motifs is 1. The van der Waals surface area contributed by atoms with Crippen molar-refractivity contribution in [3.8, 4) is 11.3 Å². The van der Waals surface area contributed by atoms with Gasteiger partial charge in [0.05, 0.1) is 17.3 Å². The first-order valence-electron chi connectivity index (χ1n) is 9.82. The molecule has 4 rings (SSSR count). The van der Waals surface area contributed by atoms with E-state index >= 15 is 0 Å². The van der Waals surface area contributed by atoms with Gasteiger partial charge in [0.1, 0.15) is 12.0 Å². The predicted octanol–water partition coefficient (Wildman–Crippen LogP) is 2.54. The summed E-state index contributed by atoms with van der Waals surface area (Å²) in [4.78, 5) is 42.1. The van der Waals surface area contributed by atoms with Gasteiger partial charge in [-0.3, -0.25) is 9.59 Å². The second kappa shape index (κ2) is 7.30. The van der Waals surface area contributed by atoms with Gasteiger partial charge in [-0.05, 0) is 44.7 Å². The molecule has 28 heavy (non-hydrogen) atoms. The Morgan fingerprint density at radius 2 is 1.93 bits per heavy atom. The average molecular weight is 379 g/mol. The second-order valence-electron chi connectivity index (χ2n) is 7.82. The molecule has 2 aromatic rings. The van der Waals surface area contributed by atoms with Crippen LogP contribution in [0.25, 0.3) is 11.3 Å². The number of nitrogens with zero attached hydrogens (tertiary/aromatic N) is 5. The van der Waals surface area contributed by atoms with E-state index in [9.17, 15) is 9.59 Å². The fourth-order valence-electron chi connectivity index (χ4n) is 4.80. The number of aromatic nitrogens is 3. The quantitative estimate of drug-likeness (QED) is 0.801. The minimum Gasteiger partial charge on any atom is -0.335 e. The van der Waals surface area contributed by atoms with Gasteiger partial charge in [-0.15, -0.1) is 0 Å². The van der Waals surface area contributed by atoms with Crippen molar-refractivity contribution in [2.45, 2.75) is 51.1 Å². The predicted molar refractivity (Wildman–Crippen MR) is 104 cm³/mol. The van der Waals surface area contributed by atoms with E-state index in [1.807, 2.05) is 21.9 Å². The number of hydrogen-bond donors (Lipinski definition) is 0. The summed E-state index contributed by atoms with van der Waals surface area (Å²) in [6.07, 6.45) is 8.49. The van der Waals surface area contributed by atoms with Crippen LogP contribution < -0.4 is 0 Å². The summed E-state index contributed by atoms with van der Waals surface area (Å²) in [5, 5.41) is 0. The molecule has 0 aromatic carbocycles. The van der Waals surface area contributed by atoms with Crippen LogP contribution in [0.3, 0.4) is 0 Å². The van der Waals surface area contributed by atoms with E-state index in [4.69, 9.17) is 0 Å². The van der Waals surface area contributed by atoms with Gasteiger partial charge in [0.15, 0.2) is 0 Å². The lowest BCUT2D eigenvalue weighted by Crippen LogP contribution is -2.68. The Morgan fingerprint density at radius 3 is 2.68 bits per heavy atom. The van der Waals surface area contributed by atoms with Crippen molar-refractivity contribution in [1.82, 2.24) is 24.8 Å². The molecule has 0 saturated carbocycles. The molecule has 7 nitrogen and oxygen atoms in total. The topological polar surface area (TPSA) is 79.3 Å². The monoisotopic (exact) mass is 379 g/mol. The summed E-state index contributed by atoms with van der Waals surface area (Å²) in [5.41, 5.74) is 1.58. The molecule has 0 N–H and O–H groups in total. The highest BCUT2D eigenvalue weighted by Crippen LogP contribution is 2.39. The molecule has 0 spiro atoms. The zero-order chi connectivity index (χ0) is 19.7. The second-order valence-corrected chi connectivity index (χ2v) is 7.82. The maximum Gasteiger partial charge on any atom is 0.272 e. The lowest BCUT2D eigenvalue weighted by Gasteiger charge is -2.56. The summed E-state index contributed by atoms with van der Waals surface area (Å²) in [6.45, 7) is 5.22. The van der Waals surface area contributed by atoms with E-state index in [1.54, 1.807) is 25.4 Å². The molecule has 2 aliphatic rings. The van der Waals surface area contributed by atoms with Crippen LogP contribution >= 0.6 is 0 Å². The van der Waals surface area contributed by atoms with Crippen molar-refractivity contribution in [3.63, 3.8) is 0 Å². The Morgan fingerprint density at radius 1 is 1.14 bits per heavy atom. The van der Waals surface area contributed by atoms with E-state index in [0.29, 0.717) is 17.9 Å². The number of carbonyl (C=O) groups excluding carboxylic acids is 2. The molecule has 2 saturated heterocycles. The van der Waals surface area contributed by atoms with E-state index < -0.39 is 0 Å². The van der Waals surface area contributed by atoms with Crippen LogP contribution in [-0.4, -0.2) is 61.2 Å². The van der Waals surface area contributed by atoms with Crippen molar-refractivity contribution in [1.29, 1.82) is 0 Å². The maximum absolute atomic E-state index is 13.4. The number of carbonyl (C=O) groups is 2. The molecule has 0 aliphatic carbocycles. The van der Waals surface area contributed by atoms with Gasteiger partial charge < -0.3 is 9.80 Å². The van der Waals surface area contributed by atoms with Gasteiger partial charge >= 0.3 is 0 Å². The summed E-state index contributed by atoms with van der Waals surface area (Å²) in [7, 11) is 0. The Bertz CT molecular complexity index is 887. The molecule has 2 aromatic heterocycles. The molecule has 4 heterocycles. The smallest absolute Gasteiger partial charge is 0.272 e. The fourth-order valence-corrected chi connectivity index (χ4v) is 4.80. The van der Waals surface area contributed by atoms with Crippen molar-refractivity contribution < 1.29 is 9.59 Å². The molecule has 0 unspecified atom stereocenters. The molecule has 2 atom stereocenters. The number of amides is 2. The van der Waals surface area contributed by atoms with Crippen molar-refractivity contribution in [2.75, 3.05) is 13.1 Å². The molecule has 0 bridgehead atoms. The van der Waals surface area contributed by atoms with Crippen molar-refractivity contribution in [3.05, 3.63) is 42.6 Å². The van der Waals surface area contributed by atoms with Crippen molar-refractivity contribution in [2.24, 2.45) is 0 Å². The zero-order valence-corrected chi connectivity index (χ0v) is 16.3. The van der Waals surface area contributed by atoms with Gasteiger partial charge in [-0.25, -0.2) is 15.0 Å². The fraction of sp³-hybridized carbons (Fsp3) is 0.476.